The molecule has 0 aliphatic carbocycles. The lowest BCUT2D eigenvalue weighted by Gasteiger charge is -2.11. The van der Waals surface area contributed by atoms with E-state index in [9.17, 15) is 0 Å². The van der Waals surface area contributed by atoms with Crippen LogP contribution >= 0.6 is 0 Å². The number of aryl methyl sites for hydroxylation is 1. The third-order valence-electron chi connectivity index (χ3n) is 2.37. The van der Waals surface area contributed by atoms with Gasteiger partial charge in [0.25, 0.3) is 0 Å². The van der Waals surface area contributed by atoms with Crippen LogP contribution in [0, 0.1) is 6.92 Å². The number of hydrogen-bond donors (Lipinski definition) is 1. The van der Waals surface area contributed by atoms with Crippen molar-refractivity contribution in [2.45, 2.75) is 19.5 Å². The van der Waals surface area contributed by atoms with Gasteiger partial charge in [-0.1, -0.05) is 30.3 Å². The van der Waals surface area contributed by atoms with Gasteiger partial charge in [0, 0.05) is 12.2 Å². The van der Waals surface area contributed by atoms with Crippen molar-refractivity contribution in [1.29, 1.82) is 0 Å². The number of nitrogens with two attached hydrogens (primary N) is 1. The fraction of sp³-hybridized carbons (Fsp3) is 0.250. The molecule has 0 aliphatic heterocycles. The monoisotopic (exact) mass is 201 g/mol. The Morgan fingerprint density at radius 3 is 2.67 bits per heavy atom. The second-order valence-corrected chi connectivity index (χ2v) is 3.76. The zero-order valence-electron chi connectivity index (χ0n) is 8.80. The maximum absolute atomic E-state index is 6.08. The number of benzene rings is 1. The molecule has 0 aliphatic rings. The number of aromatic nitrogens is 2. The molecule has 1 heterocycles. The fourth-order valence-corrected chi connectivity index (χ4v) is 1.57. The molecule has 0 amide bonds. The van der Waals surface area contributed by atoms with Crippen molar-refractivity contribution in [1.82, 2.24) is 9.78 Å². The maximum Gasteiger partial charge on any atom is 0.0602 e. The summed E-state index contributed by atoms with van der Waals surface area (Å²) in [6.07, 6.45) is 3.85. The van der Waals surface area contributed by atoms with Crippen molar-refractivity contribution in [3.8, 4) is 0 Å². The van der Waals surface area contributed by atoms with E-state index in [1.165, 1.54) is 0 Å². The highest BCUT2D eigenvalue weighted by Gasteiger charge is 2.06. The van der Waals surface area contributed by atoms with E-state index in [0.717, 1.165) is 17.7 Å². The van der Waals surface area contributed by atoms with Crippen LogP contribution in [0.3, 0.4) is 0 Å². The van der Waals surface area contributed by atoms with E-state index in [0.29, 0.717) is 0 Å². The summed E-state index contributed by atoms with van der Waals surface area (Å²) in [5.41, 5.74) is 8.38. The van der Waals surface area contributed by atoms with Crippen LogP contribution in [-0.4, -0.2) is 9.78 Å². The zero-order valence-corrected chi connectivity index (χ0v) is 8.80. The Hall–Kier alpha value is -1.61. The van der Waals surface area contributed by atoms with E-state index in [4.69, 9.17) is 5.73 Å². The highest BCUT2D eigenvalue weighted by Crippen LogP contribution is 2.11. The van der Waals surface area contributed by atoms with E-state index >= 15 is 0 Å². The normalized spacial score (nSPS) is 12.7. The highest BCUT2D eigenvalue weighted by atomic mass is 15.3. The smallest absolute Gasteiger partial charge is 0.0602 e. The molecule has 78 valence electrons. The van der Waals surface area contributed by atoms with Crippen molar-refractivity contribution in [3.63, 3.8) is 0 Å². The van der Waals surface area contributed by atoms with Gasteiger partial charge in [0.1, 0.15) is 0 Å². The van der Waals surface area contributed by atoms with Gasteiger partial charge in [-0.05, 0) is 18.1 Å². The standard InChI is InChI=1S/C12H15N3/c1-10-7-14-15(8-10)9-12(13)11-5-3-2-4-6-11/h2-8,12H,9,13H2,1H3. The molecule has 0 saturated carbocycles. The number of rotatable bonds is 3. The summed E-state index contributed by atoms with van der Waals surface area (Å²) in [6.45, 7) is 2.75. The number of nitrogens with zero attached hydrogens (tertiary/aromatic N) is 2. The first-order valence-electron chi connectivity index (χ1n) is 5.05. The summed E-state index contributed by atoms with van der Waals surface area (Å²) >= 11 is 0. The third-order valence-corrected chi connectivity index (χ3v) is 2.37. The molecule has 0 radical (unpaired) electrons. The van der Waals surface area contributed by atoms with Gasteiger partial charge < -0.3 is 5.73 Å². The lowest BCUT2D eigenvalue weighted by atomic mass is 10.1. The van der Waals surface area contributed by atoms with Crippen molar-refractivity contribution in [2.75, 3.05) is 0 Å². The third kappa shape index (κ3) is 2.44. The summed E-state index contributed by atoms with van der Waals surface area (Å²) in [5.74, 6) is 0. The molecule has 3 nitrogen and oxygen atoms in total. The average Bonchev–Trinajstić information content (AvgIpc) is 2.65. The molecule has 2 rings (SSSR count). The van der Waals surface area contributed by atoms with E-state index in [1.54, 1.807) is 0 Å². The van der Waals surface area contributed by atoms with Gasteiger partial charge in [0.2, 0.25) is 0 Å². The molecule has 3 heteroatoms. The summed E-state index contributed by atoms with van der Waals surface area (Å²) in [5, 5.41) is 4.22. The molecule has 0 fully saturated rings. The second kappa shape index (κ2) is 4.28. The van der Waals surface area contributed by atoms with Crippen LogP contribution in [0.15, 0.2) is 42.7 Å². The van der Waals surface area contributed by atoms with Crippen LogP contribution in [0.25, 0.3) is 0 Å². The van der Waals surface area contributed by atoms with E-state index in [1.807, 2.05) is 54.3 Å². The van der Waals surface area contributed by atoms with Crippen molar-refractivity contribution >= 4 is 0 Å². The number of hydrogen-bond acceptors (Lipinski definition) is 2. The van der Waals surface area contributed by atoms with Crippen molar-refractivity contribution in [3.05, 3.63) is 53.9 Å². The molecule has 1 aromatic heterocycles. The van der Waals surface area contributed by atoms with Gasteiger partial charge in [-0.25, -0.2) is 0 Å². The summed E-state index contributed by atoms with van der Waals surface area (Å²) in [4.78, 5) is 0. The van der Waals surface area contributed by atoms with Crippen LogP contribution in [0.1, 0.15) is 17.2 Å². The second-order valence-electron chi connectivity index (χ2n) is 3.76. The van der Waals surface area contributed by atoms with Gasteiger partial charge >= 0.3 is 0 Å². The minimum absolute atomic E-state index is 0.00509. The largest absolute Gasteiger partial charge is 0.322 e. The van der Waals surface area contributed by atoms with Crippen LogP contribution in [0.5, 0.6) is 0 Å². The predicted molar refractivity (Wildman–Crippen MR) is 60.3 cm³/mol. The summed E-state index contributed by atoms with van der Waals surface area (Å²) in [7, 11) is 0. The molecule has 0 saturated heterocycles. The topological polar surface area (TPSA) is 43.8 Å². The molecular weight excluding hydrogens is 186 g/mol. The first-order valence-corrected chi connectivity index (χ1v) is 5.05. The lowest BCUT2D eigenvalue weighted by molar-refractivity contribution is 0.527. The van der Waals surface area contributed by atoms with Gasteiger partial charge in [-0.2, -0.15) is 5.10 Å². The maximum atomic E-state index is 6.08. The molecule has 15 heavy (non-hydrogen) atoms. The lowest BCUT2D eigenvalue weighted by Crippen LogP contribution is -2.17. The molecule has 1 aromatic carbocycles. The van der Waals surface area contributed by atoms with E-state index < -0.39 is 0 Å². The van der Waals surface area contributed by atoms with E-state index in [2.05, 4.69) is 5.10 Å². The Morgan fingerprint density at radius 1 is 1.33 bits per heavy atom. The molecule has 0 spiro atoms. The molecular formula is C12H15N3. The summed E-state index contributed by atoms with van der Waals surface area (Å²) < 4.78 is 1.88. The fourth-order valence-electron chi connectivity index (χ4n) is 1.57. The van der Waals surface area contributed by atoms with Crippen molar-refractivity contribution in [2.24, 2.45) is 5.73 Å². The van der Waals surface area contributed by atoms with Gasteiger partial charge in [-0.3, -0.25) is 4.68 Å². The Balaban J connectivity index is 2.07. The van der Waals surface area contributed by atoms with Gasteiger partial charge in [0.05, 0.1) is 12.7 Å². The molecule has 1 atom stereocenters. The highest BCUT2D eigenvalue weighted by molar-refractivity contribution is 5.18. The SMILES string of the molecule is Cc1cnn(CC(N)c2ccccc2)c1. The van der Waals surface area contributed by atoms with Crippen LogP contribution < -0.4 is 5.73 Å². The Bertz CT molecular complexity index is 419. The van der Waals surface area contributed by atoms with E-state index in [-0.39, 0.29) is 6.04 Å². The van der Waals surface area contributed by atoms with Crippen molar-refractivity contribution < 1.29 is 0 Å². The molecule has 1 unspecified atom stereocenters. The quantitative estimate of drug-likeness (QED) is 0.824. The average molecular weight is 201 g/mol. The zero-order chi connectivity index (χ0) is 10.7. The predicted octanol–water partition coefficient (Wildman–Crippen LogP) is 1.89. The van der Waals surface area contributed by atoms with Crippen LogP contribution in [-0.2, 0) is 6.54 Å². The van der Waals surface area contributed by atoms with Crippen LogP contribution in [0.2, 0.25) is 0 Å². The van der Waals surface area contributed by atoms with Gasteiger partial charge in [-0.15, -0.1) is 0 Å². The first kappa shape index (κ1) is 9.93. The summed E-state index contributed by atoms with van der Waals surface area (Å²) in [6, 6.07) is 10.1. The minimum atomic E-state index is 0.00509. The molecule has 0 bridgehead atoms. The Kier molecular flexibility index (Phi) is 2.83. The van der Waals surface area contributed by atoms with Gasteiger partial charge in [0.15, 0.2) is 0 Å². The minimum Gasteiger partial charge on any atom is -0.322 e. The Labute approximate surface area is 89.5 Å². The Morgan fingerprint density at radius 2 is 2.07 bits per heavy atom. The first-order chi connectivity index (χ1) is 7.25. The molecule has 2 aromatic rings. The van der Waals surface area contributed by atoms with Crippen LogP contribution in [0.4, 0.5) is 0 Å². The molecule has 2 N–H and O–H groups in total.